The van der Waals surface area contributed by atoms with Gasteiger partial charge in [0.25, 0.3) is 0 Å². The minimum Gasteiger partial charge on any atom is -0.460 e. The summed E-state index contributed by atoms with van der Waals surface area (Å²) in [6, 6.07) is 2.05. The van der Waals surface area contributed by atoms with Crippen molar-refractivity contribution in [3.05, 3.63) is 29.4 Å². The first-order valence-corrected chi connectivity index (χ1v) is 5.97. The average Bonchev–Trinajstić information content (AvgIpc) is 2.82. The van der Waals surface area contributed by atoms with Gasteiger partial charge >= 0.3 is 0 Å². The average molecular weight is 259 g/mol. The van der Waals surface area contributed by atoms with E-state index in [1.165, 1.54) is 6.20 Å². The minimum atomic E-state index is -0.656. The minimum absolute atomic E-state index is 0.271. The molecule has 6 heteroatoms. The number of aromatic nitrogens is 2. The molecule has 1 saturated heterocycles. The Morgan fingerprint density at radius 1 is 1.37 bits per heavy atom. The summed E-state index contributed by atoms with van der Waals surface area (Å²) in [5, 5.41) is 9.08. The molecule has 2 aliphatic rings. The maximum Gasteiger partial charge on any atom is 0.232 e. The van der Waals surface area contributed by atoms with Crippen LogP contribution in [0.1, 0.15) is 30.9 Å². The third-order valence-electron chi connectivity index (χ3n) is 2.91. The van der Waals surface area contributed by atoms with Gasteiger partial charge in [0.1, 0.15) is 29.5 Å². The molecule has 0 radical (unpaired) electrons. The fourth-order valence-electron chi connectivity index (χ4n) is 2.15. The second-order valence-corrected chi connectivity index (χ2v) is 4.91. The van der Waals surface area contributed by atoms with Crippen molar-refractivity contribution >= 4 is 5.76 Å². The number of nitrogens with zero attached hydrogens (tertiary/aromatic N) is 3. The summed E-state index contributed by atoms with van der Waals surface area (Å²) in [7, 11) is 0. The highest BCUT2D eigenvalue weighted by Gasteiger charge is 2.46. The van der Waals surface area contributed by atoms with Crippen LogP contribution in [-0.2, 0) is 14.2 Å². The Morgan fingerprint density at radius 2 is 2.16 bits per heavy atom. The largest absolute Gasteiger partial charge is 0.460 e. The van der Waals surface area contributed by atoms with Crippen LogP contribution in [0.5, 0.6) is 0 Å². The lowest BCUT2D eigenvalue weighted by atomic mass is 10.2. The Labute approximate surface area is 110 Å². The van der Waals surface area contributed by atoms with Crippen molar-refractivity contribution in [2.45, 2.75) is 39.0 Å². The normalized spacial score (nSPS) is 27.4. The van der Waals surface area contributed by atoms with Gasteiger partial charge < -0.3 is 14.2 Å². The maximum atomic E-state index is 9.08. The van der Waals surface area contributed by atoms with Gasteiger partial charge in [-0.05, 0) is 26.8 Å². The molecule has 3 rings (SSSR count). The summed E-state index contributed by atoms with van der Waals surface area (Å²) in [5.74, 6) is 0.432. The topological polar surface area (TPSA) is 77.3 Å². The Hall–Kier alpha value is -1.97. The van der Waals surface area contributed by atoms with Gasteiger partial charge in [-0.25, -0.2) is 9.97 Å². The van der Waals surface area contributed by atoms with E-state index in [2.05, 4.69) is 16.0 Å². The van der Waals surface area contributed by atoms with Gasteiger partial charge in [0.2, 0.25) is 6.29 Å². The van der Waals surface area contributed by atoms with Crippen LogP contribution in [-0.4, -0.2) is 28.1 Å². The van der Waals surface area contributed by atoms with E-state index in [1.54, 1.807) is 13.0 Å². The van der Waals surface area contributed by atoms with E-state index in [4.69, 9.17) is 19.5 Å². The molecule has 6 nitrogen and oxygen atoms in total. The Balaban J connectivity index is 1.94. The van der Waals surface area contributed by atoms with Gasteiger partial charge in [-0.2, -0.15) is 5.26 Å². The summed E-state index contributed by atoms with van der Waals surface area (Å²) < 4.78 is 17.0. The van der Waals surface area contributed by atoms with Crippen LogP contribution in [0.2, 0.25) is 0 Å². The number of hydrogen-bond donors (Lipinski definition) is 0. The molecular formula is C13H13N3O3. The van der Waals surface area contributed by atoms with Crippen molar-refractivity contribution in [2.24, 2.45) is 0 Å². The first-order valence-electron chi connectivity index (χ1n) is 5.97. The number of ether oxygens (including phenoxy) is 3. The van der Waals surface area contributed by atoms with Gasteiger partial charge in [-0.1, -0.05) is 0 Å². The van der Waals surface area contributed by atoms with E-state index in [9.17, 15) is 0 Å². The molecule has 0 N–H and O–H groups in total. The zero-order chi connectivity index (χ0) is 13.6. The van der Waals surface area contributed by atoms with Crippen molar-refractivity contribution < 1.29 is 14.2 Å². The summed E-state index contributed by atoms with van der Waals surface area (Å²) >= 11 is 0. The highest BCUT2D eigenvalue weighted by Crippen LogP contribution is 2.38. The van der Waals surface area contributed by atoms with Crippen LogP contribution in [0.3, 0.4) is 0 Å². The smallest absolute Gasteiger partial charge is 0.232 e. The SMILES string of the molecule is Cc1ncc(C#N)c(C2=C[C@H]3OC(C)(C)O[C@H]3O2)n1. The van der Waals surface area contributed by atoms with Crippen molar-refractivity contribution in [1.29, 1.82) is 5.26 Å². The molecule has 0 bridgehead atoms. The number of nitriles is 1. The third kappa shape index (κ3) is 2.07. The number of aryl methyl sites for hydroxylation is 1. The zero-order valence-electron chi connectivity index (χ0n) is 10.9. The van der Waals surface area contributed by atoms with Gasteiger partial charge in [0.15, 0.2) is 5.79 Å². The second kappa shape index (κ2) is 4.02. The molecule has 19 heavy (non-hydrogen) atoms. The molecule has 1 aromatic heterocycles. The van der Waals surface area contributed by atoms with Gasteiger partial charge in [0, 0.05) is 6.20 Å². The summed E-state index contributed by atoms with van der Waals surface area (Å²) in [6.45, 7) is 5.42. The van der Waals surface area contributed by atoms with E-state index in [0.717, 1.165) is 0 Å². The Kier molecular flexibility index (Phi) is 2.55. The fourth-order valence-corrected chi connectivity index (χ4v) is 2.15. The summed E-state index contributed by atoms with van der Waals surface area (Å²) in [6.07, 6.45) is 2.53. The molecule has 0 spiro atoms. The lowest BCUT2D eigenvalue weighted by Gasteiger charge is -2.18. The third-order valence-corrected chi connectivity index (χ3v) is 2.91. The molecular weight excluding hydrogens is 246 g/mol. The Bertz CT molecular complexity index is 604. The van der Waals surface area contributed by atoms with Crippen molar-refractivity contribution in [2.75, 3.05) is 0 Å². The summed E-state index contributed by atoms with van der Waals surface area (Å²) in [4.78, 5) is 8.25. The van der Waals surface area contributed by atoms with Crippen LogP contribution in [0.25, 0.3) is 5.76 Å². The number of rotatable bonds is 1. The number of hydrogen-bond acceptors (Lipinski definition) is 6. The lowest BCUT2D eigenvalue weighted by Crippen LogP contribution is -2.22. The highest BCUT2D eigenvalue weighted by molar-refractivity contribution is 5.64. The monoisotopic (exact) mass is 259 g/mol. The van der Waals surface area contributed by atoms with Crippen LogP contribution < -0.4 is 0 Å². The van der Waals surface area contributed by atoms with E-state index in [0.29, 0.717) is 22.8 Å². The molecule has 0 aromatic carbocycles. The van der Waals surface area contributed by atoms with Crippen molar-refractivity contribution in [3.8, 4) is 6.07 Å². The first kappa shape index (κ1) is 12.1. The number of fused-ring (bicyclic) bond motifs is 1. The van der Waals surface area contributed by atoms with Crippen molar-refractivity contribution in [3.63, 3.8) is 0 Å². The van der Waals surface area contributed by atoms with Crippen LogP contribution in [0.15, 0.2) is 12.3 Å². The molecule has 0 aliphatic carbocycles. The van der Waals surface area contributed by atoms with E-state index >= 15 is 0 Å². The maximum absolute atomic E-state index is 9.08. The molecule has 0 unspecified atom stereocenters. The van der Waals surface area contributed by atoms with Gasteiger partial charge in [-0.15, -0.1) is 0 Å². The van der Waals surface area contributed by atoms with Crippen LogP contribution in [0, 0.1) is 18.3 Å². The predicted octanol–water partition coefficient (Wildman–Crippen LogP) is 1.51. The lowest BCUT2D eigenvalue weighted by molar-refractivity contribution is -0.174. The second-order valence-electron chi connectivity index (χ2n) is 4.91. The van der Waals surface area contributed by atoms with Crippen LogP contribution in [0.4, 0.5) is 0 Å². The van der Waals surface area contributed by atoms with Gasteiger partial charge in [-0.3, -0.25) is 0 Å². The van der Waals surface area contributed by atoms with Gasteiger partial charge in [0.05, 0.1) is 5.56 Å². The van der Waals surface area contributed by atoms with Crippen molar-refractivity contribution in [1.82, 2.24) is 9.97 Å². The first-order chi connectivity index (χ1) is 8.98. The molecule has 3 heterocycles. The predicted molar refractivity (Wildman–Crippen MR) is 64.4 cm³/mol. The standard InChI is InChI=1S/C13H13N3O3/c1-7-15-6-8(5-14)11(16-7)9-4-10-12(17-9)19-13(2,3)18-10/h4,6,10,12H,1-3H3/t10-,12-/m1/s1. The van der Waals surface area contributed by atoms with E-state index in [-0.39, 0.29) is 6.10 Å². The molecule has 98 valence electrons. The highest BCUT2D eigenvalue weighted by atomic mass is 16.8. The molecule has 1 aromatic rings. The molecule has 2 atom stereocenters. The molecule has 2 aliphatic heterocycles. The zero-order valence-corrected chi connectivity index (χ0v) is 10.9. The molecule has 0 saturated carbocycles. The van der Waals surface area contributed by atoms with Crippen LogP contribution >= 0.6 is 0 Å². The molecule has 1 fully saturated rings. The molecule has 0 amide bonds. The Morgan fingerprint density at radius 3 is 2.84 bits per heavy atom. The quantitative estimate of drug-likeness (QED) is 0.760. The fraction of sp³-hybridized carbons (Fsp3) is 0.462. The summed E-state index contributed by atoms with van der Waals surface area (Å²) in [5.41, 5.74) is 0.852. The van der Waals surface area contributed by atoms with E-state index < -0.39 is 12.1 Å². The van der Waals surface area contributed by atoms with E-state index in [1.807, 2.05) is 13.8 Å².